The van der Waals surface area contributed by atoms with Crippen LogP contribution in [0.1, 0.15) is 86.0 Å². The monoisotopic (exact) mass is 397 g/mol. The van der Waals surface area contributed by atoms with Gasteiger partial charge in [-0.15, -0.1) is 6.58 Å². The Morgan fingerprint density at radius 2 is 1.57 bits per heavy atom. The van der Waals surface area contributed by atoms with Gasteiger partial charge in [0, 0.05) is 6.54 Å². The predicted octanol–water partition coefficient (Wildman–Crippen LogP) is 4.53. The lowest BCUT2D eigenvalue weighted by Gasteiger charge is -2.22. The number of rotatable bonds is 5. The SMILES string of the molecule is C=CC.CC.CCC.CN1CCCC1C(=O)NCC(=O)NCC1CCCCC1. The van der Waals surface area contributed by atoms with Gasteiger partial charge in [0.1, 0.15) is 0 Å². The maximum atomic E-state index is 11.9. The van der Waals surface area contributed by atoms with E-state index < -0.39 is 0 Å². The molecule has 28 heavy (non-hydrogen) atoms. The largest absolute Gasteiger partial charge is 0.354 e. The molecule has 0 aromatic heterocycles. The van der Waals surface area contributed by atoms with Crippen molar-refractivity contribution in [2.75, 3.05) is 26.7 Å². The van der Waals surface area contributed by atoms with E-state index in [1.807, 2.05) is 27.8 Å². The van der Waals surface area contributed by atoms with Gasteiger partial charge in [0.2, 0.25) is 11.8 Å². The summed E-state index contributed by atoms with van der Waals surface area (Å²) in [7, 11) is 1.96. The van der Waals surface area contributed by atoms with Crippen molar-refractivity contribution >= 4 is 11.8 Å². The molecule has 0 spiro atoms. The zero-order valence-electron chi connectivity index (χ0n) is 19.5. The van der Waals surface area contributed by atoms with Crippen LogP contribution < -0.4 is 10.6 Å². The molecular weight excluding hydrogens is 350 g/mol. The van der Waals surface area contributed by atoms with E-state index >= 15 is 0 Å². The molecule has 0 bridgehead atoms. The quantitative estimate of drug-likeness (QED) is 0.670. The minimum atomic E-state index is -0.0652. The van der Waals surface area contributed by atoms with Crippen molar-refractivity contribution in [1.29, 1.82) is 0 Å². The number of amides is 2. The van der Waals surface area contributed by atoms with Crippen molar-refractivity contribution in [3.63, 3.8) is 0 Å². The first-order valence-electron chi connectivity index (χ1n) is 11.3. The van der Waals surface area contributed by atoms with Gasteiger partial charge in [0.25, 0.3) is 0 Å². The summed E-state index contributed by atoms with van der Waals surface area (Å²) in [6, 6.07) is -0.0545. The molecule has 0 aromatic carbocycles. The summed E-state index contributed by atoms with van der Waals surface area (Å²) in [6.45, 7) is 15.3. The summed E-state index contributed by atoms with van der Waals surface area (Å²) in [5.41, 5.74) is 0. The van der Waals surface area contributed by atoms with E-state index in [1.165, 1.54) is 38.5 Å². The molecular formula is C23H47N3O2. The average Bonchev–Trinajstić information content (AvgIpc) is 3.14. The third-order valence-corrected chi connectivity index (χ3v) is 4.56. The van der Waals surface area contributed by atoms with Crippen LogP contribution in [0, 0.1) is 5.92 Å². The van der Waals surface area contributed by atoms with Gasteiger partial charge in [0.15, 0.2) is 0 Å². The third-order valence-electron chi connectivity index (χ3n) is 4.56. The van der Waals surface area contributed by atoms with Crippen LogP contribution in [0.5, 0.6) is 0 Å². The van der Waals surface area contributed by atoms with Gasteiger partial charge in [-0.1, -0.05) is 59.5 Å². The highest BCUT2D eigenvalue weighted by Crippen LogP contribution is 2.22. The fourth-order valence-corrected chi connectivity index (χ4v) is 3.24. The second kappa shape index (κ2) is 20.4. The molecule has 1 saturated carbocycles. The molecule has 1 unspecified atom stereocenters. The van der Waals surface area contributed by atoms with Crippen molar-refractivity contribution in [3.8, 4) is 0 Å². The van der Waals surface area contributed by atoms with E-state index in [9.17, 15) is 9.59 Å². The summed E-state index contributed by atoms with van der Waals surface area (Å²) < 4.78 is 0. The summed E-state index contributed by atoms with van der Waals surface area (Å²) >= 11 is 0. The van der Waals surface area contributed by atoms with Crippen molar-refractivity contribution in [3.05, 3.63) is 12.7 Å². The van der Waals surface area contributed by atoms with Gasteiger partial charge >= 0.3 is 0 Å². The van der Waals surface area contributed by atoms with Crippen molar-refractivity contribution in [1.82, 2.24) is 15.5 Å². The molecule has 1 heterocycles. The maximum Gasteiger partial charge on any atom is 0.239 e. The van der Waals surface area contributed by atoms with Crippen molar-refractivity contribution in [2.45, 2.75) is 92.0 Å². The minimum absolute atomic E-state index is 0.0159. The van der Waals surface area contributed by atoms with Gasteiger partial charge in [-0.05, 0) is 52.1 Å². The van der Waals surface area contributed by atoms with Gasteiger partial charge in [0.05, 0.1) is 12.6 Å². The molecule has 0 aromatic rings. The second-order valence-corrected chi connectivity index (χ2v) is 7.28. The normalized spacial score (nSPS) is 18.9. The Kier molecular flexibility index (Phi) is 21.0. The Hall–Kier alpha value is -1.36. The number of nitrogens with zero attached hydrogens (tertiary/aromatic N) is 1. The Morgan fingerprint density at radius 1 is 1.04 bits per heavy atom. The molecule has 5 heteroatoms. The van der Waals surface area contributed by atoms with E-state index in [1.54, 1.807) is 6.08 Å². The number of hydrogen-bond acceptors (Lipinski definition) is 3. The Labute approximate surface area is 174 Å². The number of nitrogens with one attached hydrogen (secondary N) is 2. The molecule has 1 atom stereocenters. The molecule has 5 nitrogen and oxygen atoms in total. The van der Waals surface area contributed by atoms with Gasteiger partial charge in [-0.25, -0.2) is 0 Å². The fraction of sp³-hybridized carbons (Fsp3) is 0.826. The van der Waals surface area contributed by atoms with E-state index in [0.29, 0.717) is 5.92 Å². The third kappa shape index (κ3) is 14.7. The van der Waals surface area contributed by atoms with Crippen LogP contribution in [0.2, 0.25) is 0 Å². The van der Waals surface area contributed by atoms with Crippen LogP contribution in [0.3, 0.4) is 0 Å². The summed E-state index contributed by atoms with van der Waals surface area (Å²) in [6.07, 6.45) is 11.3. The number of likely N-dealkylation sites (tertiary alicyclic amines) is 1. The Balaban J connectivity index is 0. The van der Waals surface area contributed by atoms with Crippen LogP contribution in [-0.4, -0.2) is 49.4 Å². The molecule has 2 amide bonds. The number of allylic oxidation sites excluding steroid dienone is 1. The number of likely N-dealkylation sites (N-methyl/N-ethyl adjacent to an activating group) is 1. The highest BCUT2D eigenvalue weighted by atomic mass is 16.2. The van der Waals surface area contributed by atoms with Crippen LogP contribution in [0.4, 0.5) is 0 Å². The lowest BCUT2D eigenvalue weighted by Crippen LogP contribution is -2.45. The maximum absolute atomic E-state index is 11.9. The lowest BCUT2D eigenvalue weighted by molar-refractivity contribution is -0.128. The highest BCUT2D eigenvalue weighted by Gasteiger charge is 2.27. The molecule has 1 aliphatic heterocycles. The Morgan fingerprint density at radius 3 is 2.04 bits per heavy atom. The van der Waals surface area contributed by atoms with E-state index in [-0.39, 0.29) is 24.4 Å². The van der Waals surface area contributed by atoms with Gasteiger partial charge in [-0.2, -0.15) is 0 Å². The zero-order chi connectivity index (χ0) is 21.8. The van der Waals surface area contributed by atoms with Gasteiger partial charge < -0.3 is 10.6 Å². The van der Waals surface area contributed by atoms with E-state index in [4.69, 9.17) is 0 Å². The average molecular weight is 398 g/mol. The summed E-state index contributed by atoms with van der Waals surface area (Å²) in [5, 5.41) is 5.69. The molecule has 2 rings (SSSR count). The molecule has 1 saturated heterocycles. The van der Waals surface area contributed by atoms with Crippen LogP contribution in [0.25, 0.3) is 0 Å². The zero-order valence-corrected chi connectivity index (χ0v) is 19.5. The Bertz CT molecular complexity index is 393. The summed E-state index contributed by atoms with van der Waals surface area (Å²) in [5.74, 6) is 0.548. The molecule has 2 fully saturated rings. The van der Waals surface area contributed by atoms with E-state index in [0.717, 1.165) is 25.9 Å². The predicted molar refractivity (Wildman–Crippen MR) is 121 cm³/mol. The molecule has 166 valence electrons. The molecule has 1 aliphatic carbocycles. The fourth-order valence-electron chi connectivity index (χ4n) is 3.24. The van der Waals surface area contributed by atoms with Crippen molar-refractivity contribution in [2.24, 2.45) is 5.92 Å². The smallest absolute Gasteiger partial charge is 0.239 e. The van der Waals surface area contributed by atoms with Crippen LogP contribution in [0.15, 0.2) is 12.7 Å². The topological polar surface area (TPSA) is 61.4 Å². The summed E-state index contributed by atoms with van der Waals surface area (Å²) in [4.78, 5) is 25.7. The number of hydrogen-bond donors (Lipinski definition) is 2. The second-order valence-electron chi connectivity index (χ2n) is 7.28. The first-order chi connectivity index (χ1) is 13.5. The number of carbonyl (C=O) groups excluding carboxylic acids is 2. The molecule has 2 aliphatic rings. The number of carbonyl (C=O) groups is 2. The van der Waals surface area contributed by atoms with Gasteiger partial charge in [-0.3, -0.25) is 14.5 Å². The molecule has 2 N–H and O–H groups in total. The van der Waals surface area contributed by atoms with Crippen molar-refractivity contribution < 1.29 is 9.59 Å². The first-order valence-corrected chi connectivity index (χ1v) is 11.3. The van der Waals surface area contributed by atoms with Crippen LogP contribution >= 0.6 is 0 Å². The molecule has 0 radical (unpaired) electrons. The first kappa shape index (κ1) is 28.8. The lowest BCUT2D eigenvalue weighted by atomic mass is 9.89. The highest BCUT2D eigenvalue weighted by molar-refractivity contribution is 5.87. The minimum Gasteiger partial charge on any atom is -0.354 e. The van der Waals surface area contributed by atoms with Crippen LogP contribution in [-0.2, 0) is 9.59 Å². The standard InChI is InChI=1S/C15H27N3O2.C3H8.C3H6.C2H6/c1-18-9-5-8-13(18)15(20)17-11-14(19)16-10-12-6-3-2-4-7-12;2*1-3-2;1-2/h12-13H,2-11H2,1H3,(H,16,19)(H,17,20);3H2,1-2H3;3H,1H2,2H3;1-2H3. The van der Waals surface area contributed by atoms with E-state index in [2.05, 4.69) is 36.0 Å².